The van der Waals surface area contributed by atoms with Gasteiger partial charge in [-0.15, -0.1) is 0 Å². The lowest BCUT2D eigenvalue weighted by atomic mass is 10.0. The summed E-state index contributed by atoms with van der Waals surface area (Å²) in [6.07, 6.45) is 4.72. The van der Waals surface area contributed by atoms with E-state index >= 15 is 0 Å². The first-order valence-corrected chi connectivity index (χ1v) is 7.33. The summed E-state index contributed by atoms with van der Waals surface area (Å²) in [5, 5.41) is 10.5. The van der Waals surface area contributed by atoms with Crippen LogP contribution in [0.2, 0.25) is 0 Å². The predicted octanol–water partition coefficient (Wildman–Crippen LogP) is 1.87. The molecule has 2 aromatic rings. The number of aromatic nitrogens is 2. The van der Waals surface area contributed by atoms with Crippen molar-refractivity contribution in [2.75, 3.05) is 11.9 Å². The van der Waals surface area contributed by atoms with E-state index in [1.807, 2.05) is 41.2 Å². The Balaban J connectivity index is 1.74. The van der Waals surface area contributed by atoms with Gasteiger partial charge in [0.25, 0.3) is 0 Å². The Morgan fingerprint density at radius 3 is 3.00 bits per heavy atom. The Morgan fingerprint density at radius 1 is 1.43 bits per heavy atom. The molecule has 2 unspecified atom stereocenters. The van der Waals surface area contributed by atoms with Gasteiger partial charge in [0.05, 0.1) is 12.6 Å². The number of rotatable bonds is 4. The number of nitrogens with one attached hydrogen (secondary N) is 2. The maximum Gasteiger partial charge on any atom is 0.241 e. The molecule has 2 heterocycles. The molecule has 5 nitrogen and oxygen atoms in total. The minimum Gasteiger partial charge on any atom is -0.324 e. The van der Waals surface area contributed by atoms with Crippen molar-refractivity contribution in [1.29, 1.82) is 0 Å². The molecule has 1 saturated heterocycles. The third kappa shape index (κ3) is 3.13. The number of nitrogens with zero attached hydrogens (tertiary/aromatic N) is 2. The SMILES string of the molecule is CC1CCNC1C(=O)Nc1ccccc1Cn1cccn1. The van der Waals surface area contributed by atoms with Crippen molar-refractivity contribution in [3.63, 3.8) is 0 Å². The first-order chi connectivity index (χ1) is 10.2. The van der Waals surface area contributed by atoms with E-state index in [-0.39, 0.29) is 11.9 Å². The number of amides is 1. The Bertz CT molecular complexity index is 608. The molecule has 1 aliphatic rings. The fourth-order valence-corrected chi connectivity index (χ4v) is 2.74. The van der Waals surface area contributed by atoms with Gasteiger partial charge >= 0.3 is 0 Å². The second-order valence-corrected chi connectivity index (χ2v) is 5.55. The highest BCUT2D eigenvalue weighted by atomic mass is 16.2. The van der Waals surface area contributed by atoms with E-state index in [0.29, 0.717) is 12.5 Å². The topological polar surface area (TPSA) is 59.0 Å². The summed E-state index contributed by atoms with van der Waals surface area (Å²) >= 11 is 0. The van der Waals surface area contributed by atoms with Gasteiger partial charge in [-0.2, -0.15) is 5.10 Å². The molecule has 3 rings (SSSR count). The van der Waals surface area contributed by atoms with Gasteiger partial charge in [0.15, 0.2) is 0 Å². The summed E-state index contributed by atoms with van der Waals surface area (Å²) in [6.45, 7) is 3.67. The molecular weight excluding hydrogens is 264 g/mol. The fraction of sp³-hybridized carbons (Fsp3) is 0.375. The van der Waals surface area contributed by atoms with Crippen molar-refractivity contribution in [3.8, 4) is 0 Å². The molecule has 2 N–H and O–H groups in total. The lowest BCUT2D eigenvalue weighted by Gasteiger charge is -2.17. The van der Waals surface area contributed by atoms with Crippen molar-refractivity contribution in [1.82, 2.24) is 15.1 Å². The van der Waals surface area contributed by atoms with E-state index in [1.54, 1.807) is 6.20 Å². The Morgan fingerprint density at radius 2 is 2.29 bits per heavy atom. The van der Waals surface area contributed by atoms with Crippen LogP contribution in [0.1, 0.15) is 18.9 Å². The van der Waals surface area contributed by atoms with Crippen LogP contribution in [-0.2, 0) is 11.3 Å². The summed E-state index contributed by atoms with van der Waals surface area (Å²) in [4.78, 5) is 12.4. The van der Waals surface area contributed by atoms with Crippen molar-refractivity contribution in [2.45, 2.75) is 25.9 Å². The maximum atomic E-state index is 12.4. The average molecular weight is 284 g/mol. The molecule has 2 atom stereocenters. The summed E-state index contributed by atoms with van der Waals surface area (Å²) < 4.78 is 1.85. The summed E-state index contributed by atoms with van der Waals surface area (Å²) in [7, 11) is 0. The van der Waals surface area contributed by atoms with Gasteiger partial charge in [-0.1, -0.05) is 25.1 Å². The zero-order chi connectivity index (χ0) is 14.7. The van der Waals surface area contributed by atoms with Crippen LogP contribution in [0.15, 0.2) is 42.7 Å². The number of carbonyl (C=O) groups is 1. The number of hydrogen-bond donors (Lipinski definition) is 2. The standard InChI is InChI=1S/C16H20N4O/c1-12-7-9-17-15(12)16(21)19-14-6-3-2-5-13(14)11-20-10-4-8-18-20/h2-6,8,10,12,15,17H,7,9,11H2,1H3,(H,19,21). The maximum absolute atomic E-state index is 12.4. The highest BCUT2D eigenvalue weighted by Gasteiger charge is 2.29. The molecule has 0 radical (unpaired) electrons. The molecule has 1 aliphatic heterocycles. The lowest BCUT2D eigenvalue weighted by molar-refractivity contribution is -0.118. The summed E-state index contributed by atoms with van der Waals surface area (Å²) in [6, 6.07) is 9.67. The first-order valence-electron chi connectivity index (χ1n) is 7.33. The van der Waals surface area contributed by atoms with Crippen molar-refractivity contribution in [3.05, 3.63) is 48.3 Å². The molecule has 1 amide bonds. The molecule has 1 aromatic heterocycles. The molecule has 5 heteroatoms. The minimum atomic E-state index is -0.0947. The number of carbonyl (C=O) groups excluding carboxylic acids is 1. The Kier molecular flexibility index (Phi) is 4.01. The second kappa shape index (κ2) is 6.10. The van der Waals surface area contributed by atoms with Gasteiger partial charge in [0.2, 0.25) is 5.91 Å². The van der Waals surface area contributed by atoms with Gasteiger partial charge in [0.1, 0.15) is 0 Å². The van der Waals surface area contributed by atoms with Gasteiger partial charge in [-0.25, -0.2) is 0 Å². The monoisotopic (exact) mass is 284 g/mol. The Hall–Kier alpha value is -2.14. The van der Waals surface area contributed by atoms with E-state index in [0.717, 1.165) is 24.2 Å². The first kappa shape index (κ1) is 13.8. The lowest BCUT2D eigenvalue weighted by Crippen LogP contribution is -2.39. The number of hydrogen-bond acceptors (Lipinski definition) is 3. The minimum absolute atomic E-state index is 0.0490. The smallest absolute Gasteiger partial charge is 0.241 e. The van der Waals surface area contributed by atoms with Gasteiger partial charge in [-0.05, 0) is 36.6 Å². The Labute approximate surface area is 124 Å². The number of para-hydroxylation sites is 1. The van der Waals surface area contributed by atoms with E-state index in [4.69, 9.17) is 0 Å². The zero-order valence-corrected chi connectivity index (χ0v) is 12.1. The highest BCUT2D eigenvalue weighted by Crippen LogP contribution is 2.20. The van der Waals surface area contributed by atoms with Crippen LogP contribution in [0.5, 0.6) is 0 Å². The normalized spacial score (nSPS) is 21.4. The molecule has 1 aromatic carbocycles. The van der Waals surface area contributed by atoms with Crippen LogP contribution in [0.25, 0.3) is 0 Å². The van der Waals surface area contributed by atoms with Crippen LogP contribution in [0.3, 0.4) is 0 Å². The molecule has 0 bridgehead atoms. The largest absolute Gasteiger partial charge is 0.324 e. The molecule has 0 aliphatic carbocycles. The molecule has 0 saturated carbocycles. The van der Waals surface area contributed by atoms with Gasteiger partial charge in [-0.3, -0.25) is 9.48 Å². The molecule has 0 spiro atoms. The third-order valence-electron chi connectivity index (χ3n) is 3.98. The van der Waals surface area contributed by atoms with Crippen LogP contribution in [0, 0.1) is 5.92 Å². The van der Waals surface area contributed by atoms with Crippen LogP contribution >= 0.6 is 0 Å². The third-order valence-corrected chi connectivity index (χ3v) is 3.98. The highest BCUT2D eigenvalue weighted by molar-refractivity contribution is 5.95. The van der Waals surface area contributed by atoms with E-state index < -0.39 is 0 Å². The zero-order valence-electron chi connectivity index (χ0n) is 12.1. The molecule has 21 heavy (non-hydrogen) atoms. The van der Waals surface area contributed by atoms with Gasteiger partial charge in [0, 0.05) is 18.1 Å². The number of anilines is 1. The summed E-state index contributed by atoms with van der Waals surface area (Å²) in [5.41, 5.74) is 1.92. The van der Waals surface area contributed by atoms with E-state index in [1.165, 1.54) is 0 Å². The second-order valence-electron chi connectivity index (χ2n) is 5.55. The van der Waals surface area contributed by atoms with Crippen LogP contribution in [0.4, 0.5) is 5.69 Å². The molecule has 1 fully saturated rings. The van der Waals surface area contributed by atoms with E-state index in [9.17, 15) is 4.79 Å². The van der Waals surface area contributed by atoms with Crippen molar-refractivity contribution < 1.29 is 4.79 Å². The number of benzene rings is 1. The fourth-order valence-electron chi connectivity index (χ4n) is 2.74. The molecular formula is C16H20N4O. The van der Waals surface area contributed by atoms with E-state index in [2.05, 4.69) is 22.7 Å². The summed E-state index contributed by atoms with van der Waals surface area (Å²) in [5.74, 6) is 0.427. The van der Waals surface area contributed by atoms with Gasteiger partial charge < -0.3 is 10.6 Å². The van der Waals surface area contributed by atoms with Crippen molar-refractivity contribution >= 4 is 11.6 Å². The van der Waals surface area contributed by atoms with Crippen LogP contribution in [-0.4, -0.2) is 28.3 Å². The van der Waals surface area contributed by atoms with Crippen molar-refractivity contribution in [2.24, 2.45) is 5.92 Å². The predicted molar refractivity (Wildman–Crippen MR) is 82.0 cm³/mol. The average Bonchev–Trinajstić information content (AvgIpc) is 3.12. The quantitative estimate of drug-likeness (QED) is 0.901. The van der Waals surface area contributed by atoms with Crippen LogP contribution < -0.4 is 10.6 Å². The molecule has 110 valence electrons.